The normalized spacial score (nSPS) is 14.4. The number of carbonyl (C=O) groups is 1. The van der Waals surface area contributed by atoms with Crippen molar-refractivity contribution in [1.82, 2.24) is 4.90 Å². The molecular weight excluding hydrogens is 502 g/mol. The first-order valence-electron chi connectivity index (χ1n) is 12.3. The maximum atomic E-state index is 13.0. The molecule has 0 aromatic heterocycles. The number of aryl methyl sites for hydroxylation is 2. The highest BCUT2D eigenvalue weighted by Crippen LogP contribution is 2.35. The average molecular weight is 534 g/mol. The van der Waals surface area contributed by atoms with Crippen molar-refractivity contribution in [3.05, 3.63) is 93.9 Å². The Kier molecular flexibility index (Phi) is 9.25. The zero-order valence-electron chi connectivity index (χ0n) is 21.4. The van der Waals surface area contributed by atoms with Gasteiger partial charge in [0.25, 0.3) is 5.91 Å². The lowest BCUT2D eigenvalue weighted by Gasteiger charge is -2.14. The van der Waals surface area contributed by atoms with E-state index in [1.54, 1.807) is 4.90 Å². The Morgan fingerprint density at radius 2 is 1.62 bits per heavy atom. The van der Waals surface area contributed by atoms with Crippen LogP contribution < -0.4 is 14.2 Å². The second kappa shape index (κ2) is 12.8. The van der Waals surface area contributed by atoms with Gasteiger partial charge in [-0.2, -0.15) is 0 Å². The summed E-state index contributed by atoms with van der Waals surface area (Å²) in [4.78, 5) is 15.3. The van der Waals surface area contributed by atoms with Crippen molar-refractivity contribution in [2.24, 2.45) is 0 Å². The number of amides is 1. The van der Waals surface area contributed by atoms with E-state index in [9.17, 15) is 4.79 Å². The predicted octanol–water partition coefficient (Wildman–Crippen LogP) is 6.95. The molecule has 0 bridgehead atoms. The van der Waals surface area contributed by atoms with Crippen LogP contribution in [0.15, 0.2) is 71.6 Å². The minimum atomic E-state index is -0.0825. The van der Waals surface area contributed by atoms with Gasteiger partial charge in [-0.3, -0.25) is 9.69 Å². The van der Waals surface area contributed by atoms with E-state index in [4.69, 9.17) is 26.4 Å². The minimum absolute atomic E-state index is 0.0825. The van der Waals surface area contributed by atoms with Crippen molar-refractivity contribution >= 4 is 40.3 Å². The lowest BCUT2D eigenvalue weighted by atomic mass is 10.1. The Morgan fingerprint density at radius 3 is 2.35 bits per heavy atom. The van der Waals surface area contributed by atoms with Gasteiger partial charge in [0.05, 0.1) is 31.3 Å². The fourth-order valence-electron chi connectivity index (χ4n) is 4.00. The van der Waals surface area contributed by atoms with Gasteiger partial charge < -0.3 is 14.2 Å². The zero-order valence-corrected chi connectivity index (χ0v) is 23.0. The molecule has 0 spiro atoms. The first-order valence-corrected chi connectivity index (χ1v) is 13.6. The Labute approximate surface area is 228 Å². The third-order valence-corrected chi connectivity index (χ3v) is 7.01. The summed E-state index contributed by atoms with van der Waals surface area (Å²) in [5.41, 5.74) is 4.27. The summed E-state index contributed by atoms with van der Waals surface area (Å²) >= 11 is 6.80. The number of thiocarbonyl (C=S) groups is 1. The first kappa shape index (κ1) is 26.8. The molecule has 3 aromatic carbocycles. The van der Waals surface area contributed by atoms with Crippen molar-refractivity contribution in [3.8, 4) is 17.2 Å². The van der Waals surface area contributed by atoms with Gasteiger partial charge in [-0.15, -0.1) is 0 Å². The minimum Gasteiger partial charge on any atom is -0.493 e. The molecule has 1 amide bonds. The monoisotopic (exact) mass is 533 g/mol. The topological polar surface area (TPSA) is 48.0 Å². The molecule has 5 nitrogen and oxygen atoms in total. The third kappa shape index (κ3) is 7.37. The summed E-state index contributed by atoms with van der Waals surface area (Å²) < 4.78 is 18.3. The number of rotatable bonds is 11. The fraction of sp³-hybridized carbons (Fsp3) is 0.267. The Balaban J connectivity index is 1.36. The van der Waals surface area contributed by atoms with E-state index in [2.05, 4.69) is 19.9 Å². The number of hydrogen-bond donors (Lipinski definition) is 0. The van der Waals surface area contributed by atoms with Gasteiger partial charge in [0.15, 0.2) is 11.5 Å². The second-order valence-corrected chi connectivity index (χ2v) is 10.4. The molecule has 3 aromatic rings. The van der Waals surface area contributed by atoms with Crippen LogP contribution in [0.3, 0.4) is 0 Å². The average Bonchev–Trinajstić information content (AvgIpc) is 3.12. The van der Waals surface area contributed by atoms with Crippen molar-refractivity contribution in [3.63, 3.8) is 0 Å². The number of carbonyl (C=O) groups excluding carboxylic acids is 1. The molecule has 1 heterocycles. The molecule has 1 saturated heterocycles. The lowest BCUT2D eigenvalue weighted by molar-refractivity contribution is -0.122. The van der Waals surface area contributed by atoms with Crippen LogP contribution in [0.1, 0.15) is 35.6 Å². The molecule has 4 rings (SSSR count). The highest BCUT2D eigenvalue weighted by atomic mass is 32.2. The summed E-state index contributed by atoms with van der Waals surface area (Å²) in [6, 6.07) is 21.8. The zero-order chi connectivity index (χ0) is 26.2. The van der Waals surface area contributed by atoms with E-state index < -0.39 is 0 Å². The van der Waals surface area contributed by atoms with Crippen molar-refractivity contribution in [2.45, 2.75) is 33.7 Å². The number of ether oxygens (including phenoxy) is 3. The van der Waals surface area contributed by atoms with E-state index in [0.29, 0.717) is 47.1 Å². The standard InChI is InChI=1S/C30H31NO4S2/c1-4-33-27-18-24(19-28-29(32)31(30(36)37-28)20-23-9-6-5-7-10-23)11-12-26(27)35-14-8-13-34-25-16-21(2)15-22(3)17-25/h5-7,9-12,15-19H,4,8,13-14,20H2,1-3H3/b28-19-. The third-order valence-electron chi connectivity index (χ3n) is 5.63. The molecule has 0 N–H and O–H groups in total. The van der Waals surface area contributed by atoms with Crippen LogP contribution in [0.5, 0.6) is 17.2 Å². The molecule has 1 fully saturated rings. The van der Waals surface area contributed by atoms with Gasteiger partial charge in [-0.25, -0.2) is 0 Å². The van der Waals surface area contributed by atoms with Crippen LogP contribution in [0, 0.1) is 13.8 Å². The van der Waals surface area contributed by atoms with Crippen molar-refractivity contribution in [1.29, 1.82) is 0 Å². The number of thioether (sulfide) groups is 1. The van der Waals surface area contributed by atoms with Crippen LogP contribution in [0.25, 0.3) is 6.08 Å². The summed E-state index contributed by atoms with van der Waals surface area (Å²) in [5.74, 6) is 2.11. The van der Waals surface area contributed by atoms with Crippen LogP contribution in [-0.2, 0) is 11.3 Å². The van der Waals surface area contributed by atoms with Gasteiger partial charge in [0, 0.05) is 6.42 Å². The number of hydrogen-bond acceptors (Lipinski definition) is 6. The molecule has 0 aliphatic carbocycles. The summed E-state index contributed by atoms with van der Waals surface area (Å²) in [5, 5.41) is 0. The Bertz CT molecular complexity index is 1270. The van der Waals surface area contributed by atoms with Crippen LogP contribution in [-0.4, -0.2) is 34.9 Å². The smallest absolute Gasteiger partial charge is 0.266 e. The molecular formula is C30H31NO4S2. The molecule has 0 unspecified atom stereocenters. The van der Waals surface area contributed by atoms with Crippen LogP contribution in [0.2, 0.25) is 0 Å². The van der Waals surface area contributed by atoms with Crippen molar-refractivity contribution in [2.75, 3.05) is 19.8 Å². The van der Waals surface area contributed by atoms with E-state index in [0.717, 1.165) is 23.3 Å². The first-order chi connectivity index (χ1) is 17.9. The van der Waals surface area contributed by atoms with E-state index >= 15 is 0 Å². The maximum absolute atomic E-state index is 13.0. The largest absolute Gasteiger partial charge is 0.493 e. The maximum Gasteiger partial charge on any atom is 0.266 e. The van der Waals surface area contributed by atoms with Crippen LogP contribution in [0.4, 0.5) is 0 Å². The van der Waals surface area contributed by atoms with Gasteiger partial charge in [-0.05, 0) is 73.4 Å². The molecule has 192 valence electrons. The van der Waals surface area contributed by atoms with E-state index in [1.165, 1.54) is 22.9 Å². The van der Waals surface area contributed by atoms with Gasteiger partial charge in [0.2, 0.25) is 0 Å². The quantitative estimate of drug-likeness (QED) is 0.151. The van der Waals surface area contributed by atoms with Crippen molar-refractivity contribution < 1.29 is 19.0 Å². The molecule has 1 aliphatic heterocycles. The lowest BCUT2D eigenvalue weighted by Crippen LogP contribution is -2.27. The van der Waals surface area contributed by atoms with E-state index in [1.807, 2.05) is 73.7 Å². The van der Waals surface area contributed by atoms with Crippen LogP contribution >= 0.6 is 24.0 Å². The molecule has 0 atom stereocenters. The number of nitrogens with zero attached hydrogens (tertiary/aromatic N) is 1. The summed E-state index contributed by atoms with van der Waals surface area (Å²) in [6.45, 7) is 8.10. The number of benzene rings is 3. The second-order valence-electron chi connectivity index (χ2n) is 8.77. The molecule has 0 saturated carbocycles. The fourth-order valence-corrected chi connectivity index (χ4v) is 5.26. The Morgan fingerprint density at radius 1 is 0.892 bits per heavy atom. The summed E-state index contributed by atoms with van der Waals surface area (Å²) in [6.07, 6.45) is 2.60. The molecule has 1 aliphatic rings. The summed E-state index contributed by atoms with van der Waals surface area (Å²) in [7, 11) is 0. The Hall–Kier alpha value is -3.29. The van der Waals surface area contributed by atoms with Gasteiger partial charge in [-0.1, -0.05) is 66.4 Å². The van der Waals surface area contributed by atoms with Gasteiger partial charge in [0.1, 0.15) is 10.1 Å². The van der Waals surface area contributed by atoms with E-state index in [-0.39, 0.29) is 5.91 Å². The highest BCUT2D eigenvalue weighted by Gasteiger charge is 2.32. The predicted molar refractivity (Wildman–Crippen MR) is 154 cm³/mol. The molecule has 37 heavy (non-hydrogen) atoms. The SMILES string of the molecule is CCOc1cc(/C=C2\SC(=S)N(Cc3ccccc3)C2=O)ccc1OCCCOc1cc(C)cc(C)c1. The molecule has 0 radical (unpaired) electrons. The highest BCUT2D eigenvalue weighted by molar-refractivity contribution is 8.26. The molecule has 7 heteroatoms. The van der Waals surface area contributed by atoms with Gasteiger partial charge >= 0.3 is 0 Å².